The molecule has 0 aliphatic heterocycles. The summed E-state index contributed by atoms with van der Waals surface area (Å²) in [5.41, 5.74) is 0. The number of nitrogens with zero attached hydrogens (tertiary/aromatic N) is 2. The van der Waals surface area contributed by atoms with E-state index in [1.807, 2.05) is 30.5 Å². The first-order chi connectivity index (χ1) is 8.38. The zero-order chi connectivity index (χ0) is 11.9. The Bertz CT molecular complexity index is 292. The summed E-state index contributed by atoms with van der Waals surface area (Å²) in [6, 6.07) is 0.765. The maximum Gasteiger partial charge on any atom is 0.0945 e. The van der Waals surface area contributed by atoms with E-state index in [0.29, 0.717) is 0 Å². The van der Waals surface area contributed by atoms with Gasteiger partial charge in [0.1, 0.15) is 0 Å². The van der Waals surface area contributed by atoms with Gasteiger partial charge in [0, 0.05) is 30.2 Å². The summed E-state index contributed by atoms with van der Waals surface area (Å²) in [6.45, 7) is 2.21. The van der Waals surface area contributed by atoms with Crippen molar-refractivity contribution in [2.75, 3.05) is 12.8 Å². The summed E-state index contributed by atoms with van der Waals surface area (Å²) in [5.74, 6) is 0. The van der Waals surface area contributed by atoms with Crippen molar-refractivity contribution in [3.63, 3.8) is 0 Å². The lowest BCUT2D eigenvalue weighted by molar-refractivity contribution is 0.375. The van der Waals surface area contributed by atoms with Crippen molar-refractivity contribution in [1.82, 2.24) is 14.9 Å². The van der Waals surface area contributed by atoms with Gasteiger partial charge >= 0.3 is 0 Å². The predicted molar refractivity (Wildman–Crippen MR) is 74.4 cm³/mol. The SMILES string of the molecule is CSC1CCC(NCCCn2ccnc2)CC1. The topological polar surface area (TPSA) is 29.9 Å². The van der Waals surface area contributed by atoms with Crippen LogP contribution in [-0.4, -0.2) is 33.6 Å². The van der Waals surface area contributed by atoms with Gasteiger partial charge in [-0.1, -0.05) is 0 Å². The van der Waals surface area contributed by atoms with Crippen molar-refractivity contribution in [1.29, 1.82) is 0 Å². The molecule has 3 nitrogen and oxygen atoms in total. The first kappa shape index (κ1) is 13.0. The van der Waals surface area contributed by atoms with Gasteiger partial charge in [0.25, 0.3) is 0 Å². The Hall–Kier alpha value is -0.480. The van der Waals surface area contributed by atoms with Crippen molar-refractivity contribution in [3.8, 4) is 0 Å². The Labute approximate surface area is 108 Å². The lowest BCUT2D eigenvalue weighted by Gasteiger charge is -2.28. The highest BCUT2D eigenvalue weighted by molar-refractivity contribution is 7.99. The van der Waals surface area contributed by atoms with Crippen LogP contribution >= 0.6 is 11.8 Å². The Morgan fingerprint density at radius 3 is 2.82 bits per heavy atom. The Balaban J connectivity index is 1.54. The van der Waals surface area contributed by atoms with E-state index in [1.165, 1.54) is 32.1 Å². The molecule has 17 heavy (non-hydrogen) atoms. The maximum absolute atomic E-state index is 4.05. The molecular formula is C13H23N3S. The molecule has 1 aromatic heterocycles. The second kappa shape index (κ2) is 7.07. The fraction of sp³-hybridized carbons (Fsp3) is 0.769. The van der Waals surface area contributed by atoms with Crippen LogP contribution in [0.15, 0.2) is 18.7 Å². The van der Waals surface area contributed by atoms with Crippen LogP contribution in [0.5, 0.6) is 0 Å². The number of hydrogen-bond acceptors (Lipinski definition) is 3. The third kappa shape index (κ3) is 4.36. The summed E-state index contributed by atoms with van der Waals surface area (Å²) in [4.78, 5) is 4.05. The van der Waals surface area contributed by atoms with Crippen LogP contribution in [-0.2, 0) is 6.54 Å². The maximum atomic E-state index is 4.05. The van der Waals surface area contributed by atoms with E-state index in [1.54, 1.807) is 0 Å². The minimum Gasteiger partial charge on any atom is -0.337 e. The van der Waals surface area contributed by atoms with Gasteiger partial charge in [0.2, 0.25) is 0 Å². The monoisotopic (exact) mass is 253 g/mol. The molecule has 0 saturated heterocycles. The zero-order valence-electron chi connectivity index (χ0n) is 10.6. The fourth-order valence-electron chi connectivity index (χ4n) is 2.49. The standard InChI is InChI=1S/C13H23N3S/c1-17-13-5-3-12(4-6-13)15-7-2-9-16-10-8-14-11-16/h8,10-13,15H,2-7,9H2,1H3. The molecule has 96 valence electrons. The number of aromatic nitrogens is 2. The van der Waals surface area contributed by atoms with E-state index < -0.39 is 0 Å². The smallest absolute Gasteiger partial charge is 0.0945 e. The van der Waals surface area contributed by atoms with E-state index in [4.69, 9.17) is 0 Å². The molecule has 1 heterocycles. The van der Waals surface area contributed by atoms with Crippen molar-refractivity contribution in [2.45, 2.75) is 49.9 Å². The van der Waals surface area contributed by atoms with Gasteiger partial charge in [-0.05, 0) is 44.9 Å². The Kier molecular flexibility index (Phi) is 5.39. The molecular weight excluding hydrogens is 230 g/mol. The summed E-state index contributed by atoms with van der Waals surface area (Å²) >= 11 is 2.04. The van der Waals surface area contributed by atoms with Crippen LogP contribution in [0.25, 0.3) is 0 Å². The highest BCUT2D eigenvalue weighted by Gasteiger charge is 2.19. The number of nitrogens with one attached hydrogen (secondary N) is 1. The lowest BCUT2D eigenvalue weighted by atomic mass is 9.95. The molecule has 0 atom stereocenters. The molecule has 2 rings (SSSR count). The highest BCUT2D eigenvalue weighted by atomic mass is 32.2. The van der Waals surface area contributed by atoms with Crippen molar-refractivity contribution in [2.24, 2.45) is 0 Å². The van der Waals surface area contributed by atoms with Gasteiger partial charge in [0.05, 0.1) is 6.33 Å². The number of rotatable bonds is 6. The lowest BCUT2D eigenvalue weighted by Crippen LogP contribution is -2.34. The van der Waals surface area contributed by atoms with Crippen LogP contribution in [0.4, 0.5) is 0 Å². The number of hydrogen-bond donors (Lipinski definition) is 1. The zero-order valence-corrected chi connectivity index (χ0v) is 11.5. The largest absolute Gasteiger partial charge is 0.337 e. The summed E-state index contributed by atoms with van der Waals surface area (Å²) in [5, 5.41) is 4.60. The van der Waals surface area contributed by atoms with E-state index >= 15 is 0 Å². The first-order valence-electron chi connectivity index (χ1n) is 6.60. The number of thioether (sulfide) groups is 1. The Morgan fingerprint density at radius 1 is 1.35 bits per heavy atom. The van der Waals surface area contributed by atoms with Gasteiger partial charge in [-0.3, -0.25) is 0 Å². The van der Waals surface area contributed by atoms with Gasteiger partial charge in [-0.25, -0.2) is 4.98 Å². The van der Waals surface area contributed by atoms with Crippen molar-refractivity contribution in [3.05, 3.63) is 18.7 Å². The predicted octanol–water partition coefficient (Wildman–Crippen LogP) is 2.54. The number of aryl methyl sites for hydroxylation is 1. The molecule has 0 bridgehead atoms. The first-order valence-corrected chi connectivity index (χ1v) is 7.89. The molecule has 0 spiro atoms. The van der Waals surface area contributed by atoms with Crippen molar-refractivity contribution >= 4 is 11.8 Å². The van der Waals surface area contributed by atoms with Gasteiger partial charge in [-0.15, -0.1) is 0 Å². The second-order valence-corrected chi connectivity index (χ2v) is 5.96. The van der Waals surface area contributed by atoms with Crippen LogP contribution in [0.3, 0.4) is 0 Å². The molecule has 1 saturated carbocycles. The summed E-state index contributed by atoms with van der Waals surface area (Å²) in [6.07, 6.45) is 14.7. The third-order valence-corrected chi connectivity index (χ3v) is 4.73. The third-order valence-electron chi connectivity index (χ3n) is 3.59. The minimum atomic E-state index is 0.765. The van der Waals surface area contributed by atoms with Crippen LogP contribution < -0.4 is 5.32 Å². The van der Waals surface area contributed by atoms with Gasteiger partial charge in [0.15, 0.2) is 0 Å². The fourth-order valence-corrected chi connectivity index (χ4v) is 3.23. The van der Waals surface area contributed by atoms with Gasteiger partial charge < -0.3 is 9.88 Å². The average molecular weight is 253 g/mol. The molecule has 1 aliphatic rings. The summed E-state index contributed by atoms with van der Waals surface area (Å²) < 4.78 is 2.15. The normalized spacial score (nSPS) is 25.0. The van der Waals surface area contributed by atoms with Gasteiger partial charge in [-0.2, -0.15) is 11.8 Å². The molecule has 1 fully saturated rings. The molecule has 0 aromatic carbocycles. The quantitative estimate of drug-likeness (QED) is 0.790. The molecule has 0 radical (unpaired) electrons. The van der Waals surface area contributed by atoms with E-state index in [2.05, 4.69) is 21.1 Å². The van der Waals surface area contributed by atoms with Crippen LogP contribution in [0.1, 0.15) is 32.1 Å². The Morgan fingerprint density at radius 2 is 2.18 bits per heavy atom. The van der Waals surface area contributed by atoms with E-state index in [0.717, 1.165) is 24.4 Å². The number of imidazole rings is 1. The van der Waals surface area contributed by atoms with Crippen molar-refractivity contribution < 1.29 is 0 Å². The molecule has 1 N–H and O–H groups in total. The molecule has 1 aliphatic carbocycles. The second-order valence-electron chi connectivity index (χ2n) is 4.82. The van der Waals surface area contributed by atoms with E-state index in [9.17, 15) is 0 Å². The highest BCUT2D eigenvalue weighted by Crippen LogP contribution is 2.26. The molecule has 4 heteroatoms. The summed E-state index contributed by atoms with van der Waals surface area (Å²) in [7, 11) is 0. The molecule has 1 aromatic rings. The molecule has 0 unspecified atom stereocenters. The minimum absolute atomic E-state index is 0.765. The van der Waals surface area contributed by atoms with Crippen LogP contribution in [0, 0.1) is 0 Å². The average Bonchev–Trinajstić information content (AvgIpc) is 2.88. The molecule has 0 amide bonds. The van der Waals surface area contributed by atoms with E-state index in [-0.39, 0.29) is 0 Å². The van der Waals surface area contributed by atoms with Crippen LogP contribution in [0.2, 0.25) is 0 Å².